The van der Waals surface area contributed by atoms with Crippen molar-refractivity contribution in [3.05, 3.63) is 23.8 Å². The van der Waals surface area contributed by atoms with Crippen LogP contribution in [0.25, 0.3) is 0 Å². The van der Waals surface area contributed by atoms with E-state index in [9.17, 15) is 4.79 Å². The van der Waals surface area contributed by atoms with Gasteiger partial charge in [-0.1, -0.05) is 6.07 Å². The van der Waals surface area contributed by atoms with Crippen molar-refractivity contribution < 1.29 is 9.53 Å². The number of hydrogen-bond acceptors (Lipinski definition) is 5. The number of nitrogens with zero attached hydrogens (tertiary/aromatic N) is 1. The molecule has 0 spiro atoms. The average molecular weight is 277 g/mol. The molecular weight excluding hydrogens is 254 g/mol. The molecule has 0 radical (unpaired) electrons. The zero-order chi connectivity index (χ0) is 14.5. The monoisotopic (exact) mass is 277 g/mol. The first kappa shape index (κ1) is 14.7. The molecule has 0 aliphatic carbocycles. The predicted molar refractivity (Wildman–Crippen MR) is 81.0 cm³/mol. The molecular formula is C15H23N3O2. The van der Waals surface area contributed by atoms with Crippen molar-refractivity contribution >= 4 is 17.3 Å². The number of hydrogen-bond donors (Lipinski definition) is 2. The number of carbonyl (C=O) groups is 1. The van der Waals surface area contributed by atoms with Gasteiger partial charge in [0.05, 0.1) is 23.5 Å². The van der Waals surface area contributed by atoms with Gasteiger partial charge in [0.25, 0.3) is 0 Å². The summed E-state index contributed by atoms with van der Waals surface area (Å²) >= 11 is 0. The molecule has 0 atom stereocenters. The standard InChI is InChI=1S/C15H23N3O2/c1-3-20-15(19)12-5-4-6-13(14(12)16)17-11-7-9-18(2)10-8-11/h4-6,11,17H,3,7-10,16H2,1-2H3. The summed E-state index contributed by atoms with van der Waals surface area (Å²) in [7, 11) is 2.13. The third kappa shape index (κ3) is 3.42. The van der Waals surface area contributed by atoms with E-state index in [1.165, 1.54) is 0 Å². The number of benzene rings is 1. The molecule has 3 N–H and O–H groups in total. The van der Waals surface area contributed by atoms with Crippen LogP contribution in [-0.2, 0) is 4.74 Å². The molecule has 2 rings (SSSR count). The molecule has 5 nitrogen and oxygen atoms in total. The van der Waals surface area contributed by atoms with Gasteiger partial charge in [0, 0.05) is 6.04 Å². The molecule has 5 heteroatoms. The van der Waals surface area contributed by atoms with Gasteiger partial charge in [0.2, 0.25) is 0 Å². The maximum absolute atomic E-state index is 11.8. The summed E-state index contributed by atoms with van der Waals surface area (Å²) in [5.41, 5.74) is 7.82. The highest BCUT2D eigenvalue weighted by molar-refractivity contribution is 5.98. The van der Waals surface area contributed by atoms with E-state index in [0.717, 1.165) is 31.6 Å². The zero-order valence-electron chi connectivity index (χ0n) is 12.2. The number of likely N-dealkylation sites (tertiary alicyclic amines) is 1. The minimum absolute atomic E-state index is 0.352. The van der Waals surface area contributed by atoms with E-state index in [1.54, 1.807) is 13.0 Å². The maximum atomic E-state index is 11.8. The Labute approximate surface area is 120 Å². The molecule has 1 heterocycles. The Bertz CT molecular complexity index is 468. The molecule has 1 aromatic rings. The van der Waals surface area contributed by atoms with Crippen LogP contribution in [0.4, 0.5) is 11.4 Å². The van der Waals surface area contributed by atoms with Crippen LogP contribution in [-0.4, -0.2) is 43.7 Å². The van der Waals surface area contributed by atoms with E-state index in [2.05, 4.69) is 17.3 Å². The molecule has 0 aromatic heterocycles. The summed E-state index contributed by atoms with van der Waals surface area (Å²) in [5.74, 6) is -0.364. The zero-order valence-corrected chi connectivity index (χ0v) is 12.2. The lowest BCUT2D eigenvalue weighted by atomic mass is 10.0. The van der Waals surface area contributed by atoms with Crippen LogP contribution in [0.2, 0.25) is 0 Å². The smallest absolute Gasteiger partial charge is 0.340 e. The normalized spacial score (nSPS) is 16.9. The molecule has 0 unspecified atom stereocenters. The van der Waals surface area contributed by atoms with Crippen LogP contribution in [0.5, 0.6) is 0 Å². The first-order valence-corrected chi connectivity index (χ1v) is 7.12. The molecule has 1 saturated heterocycles. The van der Waals surface area contributed by atoms with Gasteiger partial charge < -0.3 is 20.7 Å². The summed E-state index contributed by atoms with van der Waals surface area (Å²) in [5, 5.41) is 3.45. The molecule has 1 fully saturated rings. The Morgan fingerprint density at radius 1 is 1.45 bits per heavy atom. The highest BCUT2D eigenvalue weighted by Crippen LogP contribution is 2.26. The molecule has 20 heavy (non-hydrogen) atoms. The molecule has 1 aliphatic rings. The van der Waals surface area contributed by atoms with E-state index >= 15 is 0 Å². The number of ether oxygens (including phenoxy) is 1. The molecule has 1 aromatic carbocycles. The maximum Gasteiger partial charge on any atom is 0.340 e. The van der Waals surface area contributed by atoms with Gasteiger partial charge in [0.15, 0.2) is 0 Å². The number of esters is 1. The number of anilines is 2. The Morgan fingerprint density at radius 2 is 2.15 bits per heavy atom. The second-order valence-electron chi connectivity index (χ2n) is 5.21. The second-order valence-corrected chi connectivity index (χ2v) is 5.21. The van der Waals surface area contributed by atoms with Gasteiger partial charge in [-0.3, -0.25) is 0 Å². The minimum Gasteiger partial charge on any atom is -0.462 e. The van der Waals surface area contributed by atoms with Crippen molar-refractivity contribution in [2.45, 2.75) is 25.8 Å². The number of nitrogens with one attached hydrogen (secondary N) is 1. The number of piperidine rings is 1. The van der Waals surface area contributed by atoms with Crippen molar-refractivity contribution in [3.63, 3.8) is 0 Å². The first-order chi connectivity index (χ1) is 9.61. The van der Waals surface area contributed by atoms with E-state index in [1.807, 2.05) is 12.1 Å². The second kappa shape index (κ2) is 6.61. The fourth-order valence-electron chi connectivity index (χ4n) is 2.45. The van der Waals surface area contributed by atoms with Gasteiger partial charge in [-0.15, -0.1) is 0 Å². The largest absolute Gasteiger partial charge is 0.462 e. The Kier molecular flexibility index (Phi) is 4.84. The van der Waals surface area contributed by atoms with Gasteiger partial charge >= 0.3 is 5.97 Å². The minimum atomic E-state index is -0.364. The highest BCUT2D eigenvalue weighted by Gasteiger charge is 2.19. The topological polar surface area (TPSA) is 67.6 Å². The molecule has 0 amide bonds. The van der Waals surface area contributed by atoms with Crippen molar-refractivity contribution in [3.8, 4) is 0 Å². The quantitative estimate of drug-likeness (QED) is 0.650. The van der Waals surface area contributed by atoms with Gasteiger partial charge in [-0.2, -0.15) is 0 Å². The SMILES string of the molecule is CCOC(=O)c1cccc(NC2CCN(C)CC2)c1N. The van der Waals surface area contributed by atoms with Crippen molar-refractivity contribution in [2.24, 2.45) is 0 Å². The summed E-state index contributed by atoms with van der Waals surface area (Å²) in [4.78, 5) is 14.1. The number of nitrogens with two attached hydrogens (primary N) is 1. The number of carbonyl (C=O) groups excluding carboxylic acids is 1. The van der Waals surface area contributed by atoms with Crippen LogP contribution in [0, 0.1) is 0 Å². The van der Waals surface area contributed by atoms with Gasteiger partial charge in [-0.05, 0) is 52.0 Å². The fraction of sp³-hybridized carbons (Fsp3) is 0.533. The summed E-state index contributed by atoms with van der Waals surface area (Å²) in [6.45, 7) is 4.30. The summed E-state index contributed by atoms with van der Waals surface area (Å²) in [6, 6.07) is 5.86. The Hall–Kier alpha value is -1.75. The van der Waals surface area contributed by atoms with Crippen molar-refractivity contribution in [1.82, 2.24) is 4.90 Å². The number of nitrogen functional groups attached to an aromatic ring is 1. The molecule has 110 valence electrons. The van der Waals surface area contributed by atoms with Crippen LogP contribution in [0.1, 0.15) is 30.1 Å². The number of rotatable bonds is 4. The van der Waals surface area contributed by atoms with E-state index < -0.39 is 0 Å². The molecule has 0 bridgehead atoms. The van der Waals surface area contributed by atoms with E-state index in [0.29, 0.717) is 23.9 Å². The summed E-state index contributed by atoms with van der Waals surface area (Å²) in [6.07, 6.45) is 2.17. The van der Waals surface area contributed by atoms with Crippen LogP contribution < -0.4 is 11.1 Å². The predicted octanol–water partition coefficient (Wildman–Crippen LogP) is 1.95. The van der Waals surface area contributed by atoms with E-state index in [-0.39, 0.29) is 5.97 Å². The van der Waals surface area contributed by atoms with Gasteiger partial charge in [0.1, 0.15) is 0 Å². The lowest BCUT2D eigenvalue weighted by molar-refractivity contribution is 0.0527. The molecule has 0 saturated carbocycles. The Balaban J connectivity index is 2.08. The number of para-hydroxylation sites is 1. The van der Waals surface area contributed by atoms with Crippen LogP contribution >= 0.6 is 0 Å². The Morgan fingerprint density at radius 3 is 2.80 bits per heavy atom. The average Bonchev–Trinajstić information content (AvgIpc) is 2.44. The third-order valence-electron chi connectivity index (χ3n) is 3.68. The third-order valence-corrected chi connectivity index (χ3v) is 3.68. The highest BCUT2D eigenvalue weighted by atomic mass is 16.5. The summed E-state index contributed by atoms with van der Waals surface area (Å²) < 4.78 is 5.01. The molecule has 1 aliphatic heterocycles. The van der Waals surface area contributed by atoms with Crippen molar-refractivity contribution in [2.75, 3.05) is 37.8 Å². The lowest BCUT2D eigenvalue weighted by Gasteiger charge is -2.30. The lowest BCUT2D eigenvalue weighted by Crippen LogP contribution is -2.36. The fourth-order valence-corrected chi connectivity index (χ4v) is 2.45. The van der Waals surface area contributed by atoms with Crippen LogP contribution in [0.15, 0.2) is 18.2 Å². The van der Waals surface area contributed by atoms with E-state index in [4.69, 9.17) is 10.5 Å². The van der Waals surface area contributed by atoms with Crippen LogP contribution in [0.3, 0.4) is 0 Å². The van der Waals surface area contributed by atoms with Crippen molar-refractivity contribution in [1.29, 1.82) is 0 Å². The first-order valence-electron chi connectivity index (χ1n) is 7.12. The van der Waals surface area contributed by atoms with Gasteiger partial charge in [-0.25, -0.2) is 4.79 Å².